The second kappa shape index (κ2) is 13.6. The van der Waals surface area contributed by atoms with Gasteiger partial charge in [0.05, 0.1) is 12.1 Å². The molecule has 1 saturated carbocycles. The van der Waals surface area contributed by atoms with Gasteiger partial charge in [-0.15, -0.1) is 0 Å². The summed E-state index contributed by atoms with van der Waals surface area (Å²) >= 11 is 0. The maximum atomic E-state index is 13.3. The zero-order chi connectivity index (χ0) is 29.5. The number of carbonyl (C=O) groups is 3. The Balaban J connectivity index is 1.09. The summed E-state index contributed by atoms with van der Waals surface area (Å²) in [5.41, 5.74) is 2.40. The molecule has 2 aliphatic heterocycles. The van der Waals surface area contributed by atoms with Crippen LogP contribution in [-0.2, 0) is 9.53 Å². The number of anilines is 3. The van der Waals surface area contributed by atoms with Gasteiger partial charge in [0.2, 0.25) is 5.91 Å². The van der Waals surface area contributed by atoms with Crippen LogP contribution in [0.2, 0.25) is 0 Å². The molecule has 4 amide bonds. The molecule has 2 aromatic carbocycles. The predicted octanol–water partition coefficient (Wildman–Crippen LogP) is 5.48. The fourth-order valence-electron chi connectivity index (χ4n) is 6.03. The molecule has 10 nitrogen and oxygen atoms in total. The largest absolute Gasteiger partial charge is 0.490 e. The van der Waals surface area contributed by atoms with Gasteiger partial charge < -0.3 is 29.9 Å². The third-order valence-electron chi connectivity index (χ3n) is 8.36. The van der Waals surface area contributed by atoms with Crippen LogP contribution in [0.1, 0.15) is 44.9 Å². The first kappa shape index (κ1) is 29.3. The first-order valence-corrected chi connectivity index (χ1v) is 14.9. The average Bonchev–Trinajstić information content (AvgIpc) is 3.79. The molecule has 2 heterocycles. The molecular formula is C32H41N5O5. The van der Waals surface area contributed by atoms with Crippen LogP contribution in [0, 0.1) is 0 Å². The second-order valence-electron chi connectivity index (χ2n) is 11.2. The molecule has 2 N–H and O–H groups in total. The smallest absolute Gasteiger partial charge is 0.410 e. The summed E-state index contributed by atoms with van der Waals surface area (Å²) in [6, 6.07) is 14.4. The van der Waals surface area contributed by atoms with Crippen molar-refractivity contribution in [3.63, 3.8) is 0 Å². The van der Waals surface area contributed by atoms with E-state index in [-0.39, 0.29) is 24.6 Å². The summed E-state index contributed by atoms with van der Waals surface area (Å²) in [4.78, 5) is 43.8. The normalized spacial score (nSPS) is 20.3. The molecule has 5 rings (SSSR count). The minimum Gasteiger partial charge on any atom is -0.490 e. The van der Waals surface area contributed by atoms with Crippen LogP contribution in [0.4, 0.5) is 26.7 Å². The summed E-state index contributed by atoms with van der Waals surface area (Å²) in [6.07, 6.45) is 8.27. The molecule has 0 spiro atoms. The minimum absolute atomic E-state index is 0.0441. The summed E-state index contributed by atoms with van der Waals surface area (Å²) in [5, 5.41) is 5.74. The Labute approximate surface area is 247 Å². The van der Waals surface area contributed by atoms with E-state index in [1.807, 2.05) is 55.6 Å². The SMILES string of the molecule is C=CCOC(=O)N1CCC[C@H]1C(=O)N(C)C1CCN(c2ccc(NC(=O)Nc3ccc(OC4CCCC4)cc3)cc2)C1. The lowest BCUT2D eigenvalue weighted by Crippen LogP contribution is -2.50. The van der Waals surface area contributed by atoms with Gasteiger partial charge in [-0.05, 0) is 93.5 Å². The molecular weight excluding hydrogens is 534 g/mol. The number of amides is 4. The highest BCUT2D eigenvalue weighted by Gasteiger charge is 2.39. The summed E-state index contributed by atoms with van der Waals surface area (Å²) in [5.74, 6) is 0.782. The van der Waals surface area contributed by atoms with Crippen LogP contribution < -0.4 is 20.3 Å². The Hall–Kier alpha value is -4.21. The first-order chi connectivity index (χ1) is 20.4. The Morgan fingerprint density at radius 3 is 2.26 bits per heavy atom. The van der Waals surface area contributed by atoms with Crippen LogP contribution in [0.25, 0.3) is 0 Å². The molecule has 42 heavy (non-hydrogen) atoms. The highest BCUT2D eigenvalue weighted by atomic mass is 16.6. The fraction of sp³-hybridized carbons (Fsp3) is 0.469. The Morgan fingerprint density at radius 1 is 0.929 bits per heavy atom. The number of nitrogens with one attached hydrogen (secondary N) is 2. The lowest BCUT2D eigenvalue weighted by atomic mass is 10.1. The molecule has 2 aromatic rings. The van der Waals surface area contributed by atoms with Gasteiger partial charge >= 0.3 is 12.1 Å². The van der Waals surface area contributed by atoms with Crippen molar-refractivity contribution in [3.8, 4) is 5.75 Å². The van der Waals surface area contributed by atoms with Crippen LogP contribution in [0.15, 0.2) is 61.2 Å². The van der Waals surface area contributed by atoms with Crippen molar-refractivity contribution in [2.45, 2.75) is 63.1 Å². The number of hydrogen-bond acceptors (Lipinski definition) is 6. The molecule has 224 valence electrons. The molecule has 0 aromatic heterocycles. The molecule has 0 radical (unpaired) electrons. The van der Waals surface area contributed by atoms with Gasteiger partial charge in [0, 0.05) is 43.7 Å². The van der Waals surface area contributed by atoms with E-state index in [0.29, 0.717) is 37.0 Å². The van der Waals surface area contributed by atoms with Gasteiger partial charge in [-0.25, -0.2) is 9.59 Å². The number of likely N-dealkylation sites (tertiary alicyclic amines) is 1. The zero-order valence-corrected chi connectivity index (χ0v) is 24.3. The average molecular weight is 576 g/mol. The van der Waals surface area contributed by atoms with Gasteiger partial charge in [-0.2, -0.15) is 0 Å². The number of rotatable bonds is 9. The predicted molar refractivity (Wildman–Crippen MR) is 163 cm³/mol. The maximum Gasteiger partial charge on any atom is 0.410 e. The van der Waals surface area contributed by atoms with Crippen molar-refractivity contribution < 1.29 is 23.9 Å². The number of likely N-dealkylation sites (N-methyl/N-ethyl adjacent to an activating group) is 1. The lowest BCUT2D eigenvalue weighted by molar-refractivity contribution is -0.136. The number of nitrogens with zero attached hydrogens (tertiary/aromatic N) is 3. The van der Waals surface area contributed by atoms with Crippen molar-refractivity contribution in [3.05, 3.63) is 61.2 Å². The van der Waals surface area contributed by atoms with Crippen LogP contribution in [0.5, 0.6) is 5.75 Å². The van der Waals surface area contributed by atoms with E-state index in [9.17, 15) is 14.4 Å². The number of ether oxygens (including phenoxy) is 2. The number of urea groups is 1. The van der Waals surface area contributed by atoms with Gasteiger partial charge in [-0.1, -0.05) is 12.7 Å². The number of hydrogen-bond donors (Lipinski definition) is 2. The summed E-state index contributed by atoms with van der Waals surface area (Å²) < 4.78 is 11.2. The lowest BCUT2D eigenvalue weighted by Gasteiger charge is -2.31. The first-order valence-electron chi connectivity index (χ1n) is 14.9. The van der Waals surface area contributed by atoms with E-state index in [2.05, 4.69) is 22.1 Å². The third kappa shape index (κ3) is 7.16. The molecule has 1 unspecified atom stereocenters. The summed E-state index contributed by atoms with van der Waals surface area (Å²) in [7, 11) is 1.82. The van der Waals surface area contributed by atoms with E-state index in [1.54, 1.807) is 4.90 Å². The maximum absolute atomic E-state index is 13.3. The van der Waals surface area contributed by atoms with Gasteiger partial charge in [0.25, 0.3) is 0 Å². The highest BCUT2D eigenvalue weighted by molar-refractivity contribution is 5.99. The van der Waals surface area contributed by atoms with E-state index >= 15 is 0 Å². The van der Waals surface area contributed by atoms with E-state index in [1.165, 1.54) is 23.8 Å². The molecule has 2 saturated heterocycles. The molecule has 1 aliphatic carbocycles. The number of carbonyl (C=O) groups excluding carboxylic acids is 3. The Kier molecular flexibility index (Phi) is 9.51. The fourth-order valence-corrected chi connectivity index (χ4v) is 6.03. The van der Waals surface area contributed by atoms with Crippen molar-refractivity contribution in [2.24, 2.45) is 0 Å². The van der Waals surface area contributed by atoms with E-state index < -0.39 is 12.1 Å². The Bertz CT molecular complexity index is 1240. The van der Waals surface area contributed by atoms with Crippen LogP contribution in [-0.4, -0.2) is 79.3 Å². The quantitative estimate of drug-likeness (QED) is 0.384. The van der Waals surface area contributed by atoms with Crippen molar-refractivity contribution in [2.75, 3.05) is 48.8 Å². The van der Waals surface area contributed by atoms with Gasteiger partial charge in [0.15, 0.2) is 0 Å². The van der Waals surface area contributed by atoms with E-state index in [0.717, 1.165) is 43.7 Å². The second-order valence-corrected chi connectivity index (χ2v) is 11.2. The van der Waals surface area contributed by atoms with Crippen molar-refractivity contribution in [1.82, 2.24) is 9.80 Å². The summed E-state index contributed by atoms with van der Waals surface area (Å²) in [6.45, 7) is 5.74. The molecule has 3 aliphatic rings. The monoisotopic (exact) mass is 575 g/mol. The standard InChI is InChI=1S/C32H41N5O5/c1-3-21-41-32(40)37-19-6-9-29(37)30(38)35(2)26-18-20-36(22-26)25-14-10-23(11-15-25)33-31(39)34-24-12-16-28(17-13-24)42-27-7-4-5-8-27/h3,10-17,26-27,29H,1,4-9,18-22H2,2H3,(H2,33,34,39)/t26?,29-/m0/s1. The third-order valence-corrected chi connectivity index (χ3v) is 8.36. The van der Waals surface area contributed by atoms with Crippen LogP contribution in [0.3, 0.4) is 0 Å². The molecule has 2 atom stereocenters. The van der Waals surface area contributed by atoms with Crippen LogP contribution >= 0.6 is 0 Å². The topological polar surface area (TPSA) is 103 Å². The molecule has 0 bridgehead atoms. The number of benzene rings is 2. The molecule has 10 heteroatoms. The van der Waals surface area contributed by atoms with Gasteiger partial charge in [-0.3, -0.25) is 9.69 Å². The zero-order valence-electron chi connectivity index (χ0n) is 24.3. The molecule has 3 fully saturated rings. The highest BCUT2D eigenvalue weighted by Crippen LogP contribution is 2.28. The van der Waals surface area contributed by atoms with Gasteiger partial charge in [0.1, 0.15) is 18.4 Å². The van der Waals surface area contributed by atoms with Crippen molar-refractivity contribution in [1.29, 1.82) is 0 Å². The Morgan fingerprint density at radius 2 is 1.60 bits per heavy atom. The van der Waals surface area contributed by atoms with Crippen molar-refractivity contribution >= 4 is 35.1 Å². The van der Waals surface area contributed by atoms with E-state index in [4.69, 9.17) is 9.47 Å². The minimum atomic E-state index is -0.485.